The molecule has 0 spiro atoms. The fourth-order valence-corrected chi connectivity index (χ4v) is 1.78. The van der Waals surface area contributed by atoms with Crippen molar-refractivity contribution >= 4 is 11.9 Å². The maximum atomic E-state index is 11.7. The molecule has 0 aliphatic carbocycles. The average Bonchev–Trinajstić information content (AvgIpc) is 2.38. The first-order chi connectivity index (χ1) is 8.63. The average molecular weight is 249 g/mol. The summed E-state index contributed by atoms with van der Waals surface area (Å²) < 4.78 is 0. The van der Waals surface area contributed by atoms with Gasteiger partial charge in [-0.2, -0.15) is 0 Å². The molecule has 1 rings (SSSR count). The lowest BCUT2D eigenvalue weighted by Gasteiger charge is -2.12. The van der Waals surface area contributed by atoms with Gasteiger partial charge in [0.1, 0.15) is 0 Å². The first-order valence-electron chi connectivity index (χ1n) is 6.18. The van der Waals surface area contributed by atoms with E-state index in [1.807, 2.05) is 25.1 Å². The van der Waals surface area contributed by atoms with E-state index in [0.717, 1.165) is 6.42 Å². The van der Waals surface area contributed by atoms with Crippen LogP contribution < -0.4 is 5.32 Å². The van der Waals surface area contributed by atoms with Crippen molar-refractivity contribution < 1.29 is 14.7 Å². The smallest absolute Gasteiger partial charge is 0.303 e. The molecule has 1 atom stereocenters. The Kier molecular flexibility index (Phi) is 5.91. The number of amides is 1. The fraction of sp³-hybridized carbons (Fsp3) is 0.429. The Morgan fingerprint density at radius 3 is 2.50 bits per heavy atom. The minimum absolute atomic E-state index is 0.110. The van der Waals surface area contributed by atoms with Crippen molar-refractivity contribution in [3.05, 3.63) is 35.9 Å². The third-order valence-electron chi connectivity index (χ3n) is 2.91. The number of aliphatic carboxylic acids is 1. The summed E-state index contributed by atoms with van der Waals surface area (Å²) in [6, 6.07) is 8.99. The van der Waals surface area contributed by atoms with Crippen LogP contribution in [0.2, 0.25) is 0 Å². The van der Waals surface area contributed by atoms with Gasteiger partial charge in [0.05, 0.1) is 0 Å². The lowest BCUT2D eigenvalue weighted by Crippen LogP contribution is -2.26. The van der Waals surface area contributed by atoms with Gasteiger partial charge in [-0.3, -0.25) is 9.59 Å². The Bertz CT molecular complexity index is 389. The molecule has 0 aliphatic rings. The van der Waals surface area contributed by atoms with Gasteiger partial charge in [0.15, 0.2) is 0 Å². The largest absolute Gasteiger partial charge is 0.481 e. The second-order valence-electron chi connectivity index (χ2n) is 4.28. The first-order valence-corrected chi connectivity index (χ1v) is 6.18. The van der Waals surface area contributed by atoms with Gasteiger partial charge < -0.3 is 10.4 Å². The van der Waals surface area contributed by atoms with Crippen LogP contribution in [0, 0.1) is 5.92 Å². The molecule has 0 fully saturated rings. The zero-order valence-corrected chi connectivity index (χ0v) is 10.6. The molecule has 4 heteroatoms. The van der Waals surface area contributed by atoms with Gasteiger partial charge >= 0.3 is 5.97 Å². The summed E-state index contributed by atoms with van der Waals surface area (Å²) in [5.74, 6) is -0.768. The highest BCUT2D eigenvalue weighted by molar-refractivity contribution is 5.94. The molecule has 1 aromatic carbocycles. The Morgan fingerprint density at radius 2 is 1.94 bits per heavy atom. The first kappa shape index (κ1) is 14.2. The van der Waals surface area contributed by atoms with Crippen LogP contribution in [0.25, 0.3) is 0 Å². The van der Waals surface area contributed by atoms with Crippen molar-refractivity contribution in [3.63, 3.8) is 0 Å². The number of carbonyl (C=O) groups is 2. The van der Waals surface area contributed by atoms with Crippen molar-refractivity contribution in [1.29, 1.82) is 0 Å². The predicted octanol–water partition coefficient (Wildman–Crippen LogP) is 2.31. The van der Waals surface area contributed by atoms with Gasteiger partial charge in [-0.1, -0.05) is 31.5 Å². The summed E-state index contributed by atoms with van der Waals surface area (Å²) in [6.45, 7) is 2.48. The van der Waals surface area contributed by atoms with E-state index in [9.17, 15) is 9.59 Å². The molecule has 4 nitrogen and oxygen atoms in total. The molecule has 98 valence electrons. The van der Waals surface area contributed by atoms with Crippen molar-refractivity contribution in [2.24, 2.45) is 5.92 Å². The van der Waals surface area contributed by atoms with Crippen molar-refractivity contribution in [2.45, 2.75) is 26.2 Å². The zero-order chi connectivity index (χ0) is 13.4. The highest BCUT2D eigenvalue weighted by Gasteiger charge is 2.11. The Morgan fingerprint density at radius 1 is 1.28 bits per heavy atom. The molecule has 18 heavy (non-hydrogen) atoms. The molecule has 1 aromatic rings. The molecular formula is C14H19NO3. The van der Waals surface area contributed by atoms with E-state index in [0.29, 0.717) is 18.5 Å². The van der Waals surface area contributed by atoms with Crippen LogP contribution in [0.4, 0.5) is 0 Å². The summed E-state index contributed by atoms with van der Waals surface area (Å²) in [7, 11) is 0. The van der Waals surface area contributed by atoms with Crippen LogP contribution in [0.15, 0.2) is 30.3 Å². The highest BCUT2D eigenvalue weighted by atomic mass is 16.4. The lowest BCUT2D eigenvalue weighted by atomic mass is 9.98. The molecule has 0 bridgehead atoms. The fourth-order valence-electron chi connectivity index (χ4n) is 1.78. The van der Waals surface area contributed by atoms with Crippen LogP contribution in [-0.4, -0.2) is 23.5 Å². The number of carbonyl (C=O) groups excluding carboxylic acids is 1. The molecule has 0 aliphatic heterocycles. The third kappa shape index (κ3) is 4.99. The second-order valence-corrected chi connectivity index (χ2v) is 4.28. The molecule has 0 aromatic heterocycles. The number of carboxylic acids is 1. The molecule has 2 N–H and O–H groups in total. The summed E-state index contributed by atoms with van der Waals surface area (Å²) >= 11 is 0. The van der Waals surface area contributed by atoms with E-state index < -0.39 is 5.97 Å². The molecule has 1 unspecified atom stereocenters. The van der Waals surface area contributed by atoms with Gasteiger partial charge in [-0.15, -0.1) is 0 Å². The molecule has 0 saturated heterocycles. The maximum absolute atomic E-state index is 11.7. The van der Waals surface area contributed by atoms with Gasteiger partial charge in [0.2, 0.25) is 0 Å². The number of hydrogen-bond acceptors (Lipinski definition) is 2. The SMILES string of the molecule is CCC(CCNC(=O)c1ccccc1)CC(=O)O. The zero-order valence-electron chi connectivity index (χ0n) is 10.6. The molecule has 1 amide bonds. The molecule has 0 heterocycles. The topological polar surface area (TPSA) is 66.4 Å². The van der Waals surface area contributed by atoms with Crippen LogP contribution in [-0.2, 0) is 4.79 Å². The Hall–Kier alpha value is -1.84. The van der Waals surface area contributed by atoms with Crippen LogP contribution >= 0.6 is 0 Å². The van der Waals surface area contributed by atoms with E-state index in [1.165, 1.54) is 0 Å². The van der Waals surface area contributed by atoms with Gasteiger partial charge in [0.25, 0.3) is 5.91 Å². The van der Waals surface area contributed by atoms with Gasteiger partial charge in [-0.05, 0) is 24.5 Å². The number of rotatable bonds is 7. The summed E-state index contributed by atoms with van der Waals surface area (Å²) in [5, 5.41) is 11.5. The van der Waals surface area contributed by atoms with E-state index in [-0.39, 0.29) is 18.2 Å². The monoisotopic (exact) mass is 249 g/mol. The van der Waals surface area contributed by atoms with Crippen LogP contribution in [0.1, 0.15) is 36.5 Å². The second kappa shape index (κ2) is 7.48. The van der Waals surface area contributed by atoms with Crippen molar-refractivity contribution in [3.8, 4) is 0 Å². The predicted molar refractivity (Wildman–Crippen MR) is 69.4 cm³/mol. The van der Waals surface area contributed by atoms with E-state index >= 15 is 0 Å². The minimum Gasteiger partial charge on any atom is -0.481 e. The number of carboxylic acid groups (broad SMARTS) is 1. The van der Waals surface area contributed by atoms with Gasteiger partial charge in [0, 0.05) is 18.5 Å². The van der Waals surface area contributed by atoms with E-state index in [1.54, 1.807) is 12.1 Å². The number of hydrogen-bond donors (Lipinski definition) is 2. The maximum Gasteiger partial charge on any atom is 0.303 e. The normalized spacial score (nSPS) is 11.8. The Labute approximate surface area is 107 Å². The lowest BCUT2D eigenvalue weighted by molar-refractivity contribution is -0.138. The number of benzene rings is 1. The molecular weight excluding hydrogens is 230 g/mol. The quantitative estimate of drug-likeness (QED) is 0.779. The van der Waals surface area contributed by atoms with E-state index in [4.69, 9.17) is 5.11 Å². The summed E-state index contributed by atoms with van der Waals surface area (Å²) in [4.78, 5) is 22.3. The van der Waals surface area contributed by atoms with Crippen molar-refractivity contribution in [2.75, 3.05) is 6.54 Å². The summed E-state index contributed by atoms with van der Waals surface area (Å²) in [5.41, 5.74) is 0.629. The molecule has 0 saturated carbocycles. The van der Waals surface area contributed by atoms with Gasteiger partial charge in [-0.25, -0.2) is 0 Å². The summed E-state index contributed by atoms with van der Waals surface area (Å²) in [6.07, 6.45) is 1.67. The minimum atomic E-state index is -0.781. The standard InChI is InChI=1S/C14H19NO3/c1-2-11(10-13(16)17)8-9-15-14(18)12-6-4-3-5-7-12/h3-7,11H,2,8-10H2,1H3,(H,15,18)(H,16,17). The van der Waals surface area contributed by atoms with Crippen LogP contribution in [0.3, 0.4) is 0 Å². The van der Waals surface area contributed by atoms with Crippen LogP contribution in [0.5, 0.6) is 0 Å². The van der Waals surface area contributed by atoms with Crippen molar-refractivity contribution in [1.82, 2.24) is 5.32 Å². The Balaban J connectivity index is 2.33. The third-order valence-corrected chi connectivity index (χ3v) is 2.91. The number of nitrogens with one attached hydrogen (secondary N) is 1. The highest BCUT2D eigenvalue weighted by Crippen LogP contribution is 2.12. The molecule has 0 radical (unpaired) electrons. The van der Waals surface area contributed by atoms with E-state index in [2.05, 4.69) is 5.32 Å².